The van der Waals surface area contributed by atoms with Crippen molar-refractivity contribution < 1.29 is 10.6 Å². The zero-order chi connectivity index (χ0) is 12.1. The van der Waals surface area contributed by atoms with Crippen LogP contribution >= 0.6 is 12.4 Å². The number of hydrogen-bond acceptors (Lipinski definition) is 3. The van der Waals surface area contributed by atoms with E-state index in [4.69, 9.17) is 5.11 Å². The Hall–Kier alpha value is -1.75. The Kier molecular flexibility index (Phi) is 7.60. The van der Waals surface area contributed by atoms with Crippen LogP contribution in [0.1, 0.15) is 6.92 Å². The van der Waals surface area contributed by atoms with Gasteiger partial charge in [0, 0.05) is 29.8 Å². The normalized spacial score (nSPS) is 8.95. The van der Waals surface area contributed by atoms with Gasteiger partial charge in [-0.3, -0.25) is 9.97 Å². The lowest BCUT2D eigenvalue weighted by Gasteiger charge is -2.00. The fourth-order valence-electron chi connectivity index (χ4n) is 1.68. The second-order valence-electron chi connectivity index (χ2n) is 3.53. The second-order valence-corrected chi connectivity index (χ2v) is 3.53. The van der Waals surface area contributed by atoms with E-state index in [1.54, 1.807) is 19.3 Å². The maximum atomic E-state index is 7.57. The molecule has 0 aliphatic carbocycles. The van der Waals surface area contributed by atoms with Gasteiger partial charge in [0.15, 0.2) is 0 Å². The molecule has 0 atom stereocenters. The van der Waals surface area contributed by atoms with Gasteiger partial charge in [0.2, 0.25) is 0 Å². The third kappa shape index (κ3) is 3.86. The first-order chi connectivity index (χ1) is 8.36. The summed E-state index contributed by atoms with van der Waals surface area (Å²) in [4.78, 5) is 8.69. The van der Waals surface area contributed by atoms with Gasteiger partial charge in [-0.15, -0.1) is 12.4 Å². The molecule has 0 aliphatic rings. The number of nitrogens with zero attached hydrogens (tertiary/aromatic N) is 2. The number of hydrogen-bond donors (Lipinski definition) is 1. The largest absolute Gasteiger partial charge is 0.412 e. The van der Waals surface area contributed by atoms with E-state index in [9.17, 15) is 0 Å². The molecule has 3 rings (SSSR count). The van der Waals surface area contributed by atoms with Crippen molar-refractivity contribution in [3.8, 4) is 0 Å². The average molecular weight is 281 g/mol. The minimum Gasteiger partial charge on any atom is -0.412 e. The molecule has 0 saturated heterocycles. The molecule has 3 aromatic rings. The summed E-state index contributed by atoms with van der Waals surface area (Å²) in [5, 5.41) is 9.84. The van der Waals surface area contributed by atoms with E-state index in [1.165, 1.54) is 0 Å². The Bertz CT molecular complexity index is 577. The van der Waals surface area contributed by atoms with Crippen LogP contribution in [0.3, 0.4) is 0 Å². The summed E-state index contributed by atoms with van der Waals surface area (Å²) < 4.78 is 0. The van der Waals surface area contributed by atoms with Crippen molar-refractivity contribution in [2.75, 3.05) is 6.61 Å². The van der Waals surface area contributed by atoms with Gasteiger partial charge in [0.05, 0.1) is 11.0 Å². The molecule has 1 aromatic carbocycles. The molecule has 0 saturated carbocycles. The number of fused-ring (bicyclic) bond motifs is 3. The van der Waals surface area contributed by atoms with Gasteiger partial charge in [-0.25, -0.2) is 0 Å². The molecule has 102 valence electrons. The van der Waals surface area contributed by atoms with Crippen molar-refractivity contribution in [2.45, 2.75) is 6.92 Å². The SMILES string of the molecule is CCO.Cl.O.c1cnc2c(c1)ccc1cccnc12. The molecule has 0 bridgehead atoms. The predicted molar refractivity (Wildman–Crippen MR) is 80.7 cm³/mol. The zero-order valence-corrected chi connectivity index (χ0v) is 11.4. The molecule has 4 nitrogen and oxygen atoms in total. The van der Waals surface area contributed by atoms with Crippen LogP contribution in [0, 0.1) is 0 Å². The average Bonchev–Trinajstić information content (AvgIpc) is 2.40. The Labute approximate surface area is 117 Å². The molecule has 0 radical (unpaired) electrons. The standard InChI is InChI=1S/C12H8N2.C2H6O.ClH.H2O/c1-3-9-5-6-10-4-2-8-14-12(10)11(9)13-7-1;1-2-3;;/h1-8H;3H,2H2,1H3;1H;1H2. The molecule has 2 heterocycles. The lowest BCUT2D eigenvalue weighted by Crippen LogP contribution is -1.83. The number of aliphatic hydroxyl groups excluding tert-OH is 1. The molecule has 0 aliphatic heterocycles. The molecule has 5 heteroatoms. The van der Waals surface area contributed by atoms with Crippen molar-refractivity contribution in [3.63, 3.8) is 0 Å². The van der Waals surface area contributed by atoms with Crippen LogP contribution in [0.2, 0.25) is 0 Å². The maximum Gasteiger partial charge on any atom is 0.0964 e. The van der Waals surface area contributed by atoms with Crippen LogP contribution in [-0.2, 0) is 0 Å². The Morgan fingerprint density at radius 1 is 0.895 bits per heavy atom. The van der Waals surface area contributed by atoms with Crippen molar-refractivity contribution in [2.24, 2.45) is 0 Å². The smallest absolute Gasteiger partial charge is 0.0964 e. The van der Waals surface area contributed by atoms with Crippen LogP contribution in [0.4, 0.5) is 0 Å². The number of pyridine rings is 2. The quantitative estimate of drug-likeness (QED) is 0.642. The highest BCUT2D eigenvalue weighted by molar-refractivity contribution is 6.02. The van der Waals surface area contributed by atoms with Crippen LogP contribution < -0.4 is 0 Å². The van der Waals surface area contributed by atoms with E-state index in [2.05, 4.69) is 34.2 Å². The van der Waals surface area contributed by atoms with E-state index in [0.29, 0.717) is 0 Å². The first-order valence-corrected chi connectivity index (χ1v) is 5.56. The fourth-order valence-corrected chi connectivity index (χ4v) is 1.68. The van der Waals surface area contributed by atoms with Gasteiger partial charge < -0.3 is 10.6 Å². The Morgan fingerprint density at radius 3 is 1.63 bits per heavy atom. The lowest BCUT2D eigenvalue weighted by atomic mass is 10.1. The number of aromatic nitrogens is 2. The van der Waals surface area contributed by atoms with Crippen molar-refractivity contribution in [3.05, 3.63) is 48.8 Å². The van der Waals surface area contributed by atoms with Gasteiger partial charge >= 0.3 is 0 Å². The first kappa shape index (κ1) is 17.2. The maximum absolute atomic E-state index is 7.57. The monoisotopic (exact) mass is 280 g/mol. The summed E-state index contributed by atoms with van der Waals surface area (Å²) in [6.07, 6.45) is 3.60. The summed E-state index contributed by atoms with van der Waals surface area (Å²) in [6.45, 7) is 1.93. The number of benzene rings is 1. The second kappa shape index (κ2) is 8.37. The summed E-state index contributed by atoms with van der Waals surface area (Å²) in [7, 11) is 0. The van der Waals surface area contributed by atoms with E-state index in [0.717, 1.165) is 21.8 Å². The molecular weight excluding hydrogens is 264 g/mol. The molecule has 2 aromatic heterocycles. The highest BCUT2D eigenvalue weighted by atomic mass is 35.5. The molecule has 3 N–H and O–H groups in total. The minimum atomic E-state index is 0. The predicted octanol–water partition coefficient (Wildman–Crippen LogP) is 2.38. The Balaban J connectivity index is 0.000000598. The van der Waals surface area contributed by atoms with Crippen molar-refractivity contribution in [1.82, 2.24) is 9.97 Å². The molecule has 19 heavy (non-hydrogen) atoms. The summed E-state index contributed by atoms with van der Waals surface area (Å²) in [5.74, 6) is 0. The van der Waals surface area contributed by atoms with Gasteiger partial charge in [0.25, 0.3) is 0 Å². The highest BCUT2D eigenvalue weighted by Crippen LogP contribution is 2.20. The zero-order valence-electron chi connectivity index (χ0n) is 10.6. The van der Waals surface area contributed by atoms with Crippen LogP contribution in [-0.4, -0.2) is 27.2 Å². The number of rotatable bonds is 0. The van der Waals surface area contributed by atoms with Crippen LogP contribution in [0.15, 0.2) is 48.8 Å². The molecule has 0 amide bonds. The molecular formula is C14H17ClN2O2. The third-order valence-corrected chi connectivity index (χ3v) is 2.34. The van der Waals surface area contributed by atoms with Gasteiger partial charge in [0.1, 0.15) is 0 Å². The summed E-state index contributed by atoms with van der Waals surface area (Å²) in [6, 6.07) is 12.1. The van der Waals surface area contributed by atoms with E-state index < -0.39 is 0 Å². The topological polar surface area (TPSA) is 77.5 Å². The van der Waals surface area contributed by atoms with E-state index in [1.807, 2.05) is 12.1 Å². The highest BCUT2D eigenvalue weighted by Gasteiger charge is 2.00. The van der Waals surface area contributed by atoms with Crippen LogP contribution in [0.5, 0.6) is 0 Å². The molecule has 0 fully saturated rings. The third-order valence-electron chi connectivity index (χ3n) is 2.34. The fraction of sp³-hybridized carbons (Fsp3) is 0.143. The van der Waals surface area contributed by atoms with E-state index in [-0.39, 0.29) is 24.5 Å². The van der Waals surface area contributed by atoms with Gasteiger partial charge in [-0.2, -0.15) is 0 Å². The van der Waals surface area contributed by atoms with E-state index >= 15 is 0 Å². The summed E-state index contributed by atoms with van der Waals surface area (Å²) >= 11 is 0. The Morgan fingerprint density at radius 2 is 1.26 bits per heavy atom. The minimum absolute atomic E-state index is 0. The summed E-state index contributed by atoms with van der Waals surface area (Å²) in [5.41, 5.74) is 1.95. The first-order valence-electron chi connectivity index (χ1n) is 5.56. The van der Waals surface area contributed by atoms with Crippen molar-refractivity contribution >= 4 is 34.2 Å². The number of aliphatic hydroxyl groups is 1. The van der Waals surface area contributed by atoms with Gasteiger partial charge in [-0.1, -0.05) is 24.3 Å². The van der Waals surface area contributed by atoms with Crippen molar-refractivity contribution in [1.29, 1.82) is 0 Å². The molecule has 0 spiro atoms. The van der Waals surface area contributed by atoms with Gasteiger partial charge in [-0.05, 0) is 19.1 Å². The lowest BCUT2D eigenvalue weighted by molar-refractivity contribution is 0.318. The molecule has 0 unspecified atom stereocenters. The number of halogens is 1. The van der Waals surface area contributed by atoms with Crippen LogP contribution in [0.25, 0.3) is 21.8 Å².